The fourth-order valence-corrected chi connectivity index (χ4v) is 4.16. The predicted molar refractivity (Wildman–Crippen MR) is 133 cm³/mol. The van der Waals surface area contributed by atoms with Crippen molar-refractivity contribution in [2.45, 2.75) is 13.5 Å². The molecule has 1 N–H and O–H groups in total. The van der Waals surface area contributed by atoms with Crippen molar-refractivity contribution in [1.82, 2.24) is 9.99 Å². The van der Waals surface area contributed by atoms with Gasteiger partial charge in [0, 0.05) is 35.1 Å². The Morgan fingerprint density at radius 3 is 2.35 bits per heavy atom. The summed E-state index contributed by atoms with van der Waals surface area (Å²) in [5, 5.41) is 2.28. The minimum Gasteiger partial charge on any atom is -0.493 e. The number of fused-ring (bicyclic) bond motifs is 1. The number of rotatable bonds is 7. The Labute approximate surface area is 198 Å². The molecular weight excluding hydrogens is 426 g/mol. The monoisotopic (exact) mass is 451 g/mol. The van der Waals surface area contributed by atoms with Gasteiger partial charge in [-0.15, -0.1) is 0 Å². The van der Waals surface area contributed by atoms with Gasteiger partial charge in [0.05, 0.1) is 12.3 Å². The van der Waals surface area contributed by atoms with Crippen molar-refractivity contribution in [3.8, 4) is 5.75 Å². The van der Waals surface area contributed by atoms with Crippen molar-refractivity contribution < 1.29 is 14.3 Å². The van der Waals surface area contributed by atoms with Gasteiger partial charge in [0.15, 0.2) is 0 Å². The van der Waals surface area contributed by atoms with Crippen LogP contribution in [0.5, 0.6) is 5.75 Å². The number of hydrogen-bond acceptors (Lipinski definition) is 3. The number of carbonyl (C=O) groups is 2. The Kier molecular flexibility index (Phi) is 5.87. The van der Waals surface area contributed by atoms with Gasteiger partial charge in [-0.25, -0.2) is 5.01 Å². The topological polar surface area (TPSA) is 63.6 Å². The molecule has 1 aliphatic heterocycles. The second-order valence-corrected chi connectivity index (χ2v) is 8.46. The second-order valence-electron chi connectivity index (χ2n) is 8.46. The summed E-state index contributed by atoms with van der Waals surface area (Å²) in [6.45, 7) is 3.47. The summed E-state index contributed by atoms with van der Waals surface area (Å²) in [7, 11) is 0. The Morgan fingerprint density at radius 1 is 0.912 bits per heavy atom. The molecule has 34 heavy (non-hydrogen) atoms. The molecule has 0 saturated carbocycles. The highest BCUT2D eigenvalue weighted by molar-refractivity contribution is 6.32. The summed E-state index contributed by atoms with van der Waals surface area (Å²) in [5.74, 6) is 0.334. The number of benzene rings is 3. The van der Waals surface area contributed by atoms with E-state index in [0.717, 1.165) is 28.8 Å². The van der Waals surface area contributed by atoms with Gasteiger partial charge in [0.1, 0.15) is 11.3 Å². The lowest BCUT2D eigenvalue weighted by atomic mass is 10.1. The third-order valence-corrected chi connectivity index (χ3v) is 5.81. The summed E-state index contributed by atoms with van der Waals surface area (Å²) >= 11 is 0. The fourth-order valence-electron chi connectivity index (χ4n) is 4.16. The summed E-state index contributed by atoms with van der Waals surface area (Å²) in [6, 6.07) is 26.9. The minimum absolute atomic E-state index is 0.118. The molecule has 1 saturated heterocycles. The number of aromatic nitrogens is 1. The van der Waals surface area contributed by atoms with Gasteiger partial charge in [-0.1, -0.05) is 61.5 Å². The first-order valence-corrected chi connectivity index (χ1v) is 11.3. The maximum absolute atomic E-state index is 13.0. The number of hydrazine groups is 1. The van der Waals surface area contributed by atoms with Crippen LogP contribution in [-0.4, -0.2) is 23.0 Å². The summed E-state index contributed by atoms with van der Waals surface area (Å²) in [4.78, 5) is 25.7. The highest BCUT2D eigenvalue weighted by Gasteiger charge is 2.34. The zero-order valence-electron chi connectivity index (χ0n) is 18.8. The molecular formula is C28H25N3O3. The highest BCUT2D eigenvalue weighted by Crippen LogP contribution is 2.27. The Bertz CT molecular complexity index is 1360. The van der Waals surface area contributed by atoms with Gasteiger partial charge in [0.2, 0.25) is 0 Å². The van der Waals surface area contributed by atoms with Crippen LogP contribution >= 0.6 is 0 Å². The number of nitrogens with zero attached hydrogens (tertiary/aromatic N) is 2. The van der Waals surface area contributed by atoms with Crippen LogP contribution in [0.15, 0.2) is 96.7 Å². The molecule has 3 aromatic carbocycles. The van der Waals surface area contributed by atoms with E-state index in [1.807, 2.05) is 72.9 Å². The van der Waals surface area contributed by atoms with E-state index in [4.69, 9.17) is 4.74 Å². The maximum Gasteiger partial charge on any atom is 0.282 e. The quantitative estimate of drug-likeness (QED) is 0.324. The lowest BCUT2D eigenvalue weighted by Crippen LogP contribution is -2.35. The lowest BCUT2D eigenvalue weighted by molar-refractivity contribution is -0.117. The molecule has 4 aromatic rings. The van der Waals surface area contributed by atoms with Gasteiger partial charge in [0.25, 0.3) is 11.8 Å². The van der Waals surface area contributed by atoms with Crippen LogP contribution in [-0.2, 0) is 16.1 Å². The first-order valence-electron chi connectivity index (χ1n) is 11.3. The average Bonchev–Trinajstić information content (AvgIpc) is 3.36. The molecule has 6 nitrogen and oxygen atoms in total. The number of para-hydroxylation sites is 3. The molecule has 170 valence electrons. The molecule has 6 heteroatoms. The Balaban J connectivity index is 1.40. The van der Waals surface area contributed by atoms with Crippen LogP contribution in [0.4, 0.5) is 5.69 Å². The number of anilines is 1. The van der Waals surface area contributed by atoms with Gasteiger partial charge in [-0.05, 0) is 36.4 Å². The van der Waals surface area contributed by atoms with Crippen molar-refractivity contribution in [3.63, 3.8) is 0 Å². The predicted octanol–water partition coefficient (Wildman–Crippen LogP) is 4.82. The number of ether oxygens (including phenoxy) is 1. The number of carbonyl (C=O) groups excluding carboxylic acids is 2. The molecule has 0 bridgehead atoms. The third-order valence-electron chi connectivity index (χ3n) is 5.81. The molecule has 1 aromatic heterocycles. The molecule has 1 atom stereocenters. The van der Waals surface area contributed by atoms with Gasteiger partial charge < -0.3 is 9.30 Å². The smallest absolute Gasteiger partial charge is 0.282 e. The standard InChI is InChI=1S/C28H25N3O3/c1-20(19-34-23-12-6-3-7-13-23)17-30-18-21(24-14-8-9-15-26(24)30)16-25-27(32)29-31(28(25)33)22-10-4-2-5-11-22/h2-16,18,20H,17,19H2,1H3,(H,29,32)/b25-16-. The van der Waals surface area contributed by atoms with Crippen LogP contribution in [0.1, 0.15) is 12.5 Å². The van der Waals surface area contributed by atoms with Crippen LogP contribution in [0, 0.1) is 5.92 Å². The maximum atomic E-state index is 13.0. The third kappa shape index (κ3) is 4.30. The number of hydrogen-bond donors (Lipinski definition) is 1. The lowest BCUT2D eigenvalue weighted by Gasteiger charge is -2.15. The van der Waals surface area contributed by atoms with Gasteiger partial charge in [-0.3, -0.25) is 15.0 Å². The normalized spacial score (nSPS) is 15.7. The molecule has 1 unspecified atom stereocenters. The highest BCUT2D eigenvalue weighted by atomic mass is 16.5. The van der Waals surface area contributed by atoms with Crippen molar-refractivity contribution in [3.05, 3.63) is 102 Å². The molecule has 2 heterocycles. The van der Waals surface area contributed by atoms with E-state index in [1.54, 1.807) is 18.2 Å². The zero-order chi connectivity index (χ0) is 23.5. The minimum atomic E-state index is -0.407. The zero-order valence-corrected chi connectivity index (χ0v) is 18.8. The van der Waals surface area contributed by atoms with Crippen molar-refractivity contribution in [2.75, 3.05) is 11.6 Å². The average molecular weight is 452 g/mol. The molecule has 2 amide bonds. The number of nitrogens with one attached hydrogen (secondary N) is 1. The van der Waals surface area contributed by atoms with E-state index >= 15 is 0 Å². The number of amides is 2. The second kappa shape index (κ2) is 9.27. The van der Waals surface area contributed by atoms with Crippen LogP contribution in [0.3, 0.4) is 0 Å². The Hall–Kier alpha value is -4.32. The SMILES string of the molecule is CC(COc1ccccc1)Cn1cc(/C=C2/C(=O)NN(c3ccccc3)C2=O)c2ccccc21. The van der Waals surface area contributed by atoms with Gasteiger partial charge >= 0.3 is 0 Å². The molecule has 0 aliphatic carbocycles. The summed E-state index contributed by atoms with van der Waals surface area (Å²) in [6.07, 6.45) is 3.69. The first kappa shape index (κ1) is 21.5. The van der Waals surface area contributed by atoms with Crippen LogP contribution in [0.2, 0.25) is 0 Å². The molecule has 1 fully saturated rings. The van der Waals surface area contributed by atoms with Crippen LogP contribution in [0.25, 0.3) is 17.0 Å². The largest absolute Gasteiger partial charge is 0.493 e. The van der Waals surface area contributed by atoms with Gasteiger partial charge in [-0.2, -0.15) is 0 Å². The Morgan fingerprint density at radius 2 is 1.59 bits per heavy atom. The first-order chi connectivity index (χ1) is 16.6. The van der Waals surface area contributed by atoms with Crippen molar-refractivity contribution in [1.29, 1.82) is 0 Å². The van der Waals surface area contributed by atoms with Crippen molar-refractivity contribution in [2.24, 2.45) is 5.92 Å². The van der Waals surface area contributed by atoms with E-state index in [2.05, 4.69) is 23.0 Å². The van der Waals surface area contributed by atoms with E-state index in [1.165, 1.54) is 5.01 Å². The van der Waals surface area contributed by atoms with E-state index in [9.17, 15) is 9.59 Å². The van der Waals surface area contributed by atoms with E-state index < -0.39 is 5.91 Å². The summed E-state index contributed by atoms with van der Waals surface area (Å²) in [5.41, 5.74) is 5.29. The molecule has 5 rings (SSSR count). The molecule has 0 spiro atoms. The van der Waals surface area contributed by atoms with E-state index in [-0.39, 0.29) is 17.4 Å². The van der Waals surface area contributed by atoms with Crippen LogP contribution < -0.4 is 15.2 Å². The molecule has 0 radical (unpaired) electrons. The fraction of sp³-hybridized carbons (Fsp3) is 0.143. The summed E-state index contributed by atoms with van der Waals surface area (Å²) < 4.78 is 8.08. The molecule has 1 aliphatic rings. The van der Waals surface area contributed by atoms with Crippen molar-refractivity contribution >= 4 is 34.5 Å². The van der Waals surface area contributed by atoms with E-state index in [0.29, 0.717) is 12.3 Å².